The van der Waals surface area contributed by atoms with Crippen molar-refractivity contribution in [2.45, 2.75) is 6.17 Å². The van der Waals surface area contributed by atoms with Crippen LogP contribution in [-0.2, 0) is 0 Å². The fourth-order valence-electron chi connectivity index (χ4n) is 1.93. The molecule has 1 amide bonds. The number of amides is 1. The van der Waals surface area contributed by atoms with E-state index in [2.05, 4.69) is 15.6 Å². The second-order valence-corrected chi connectivity index (χ2v) is 4.43. The number of fused-ring (bicyclic) bond motifs is 1. The molecular weight excluding hydrogens is 250 g/mol. The Kier molecular flexibility index (Phi) is 2.64. The van der Waals surface area contributed by atoms with Gasteiger partial charge in [0.2, 0.25) is 0 Å². The van der Waals surface area contributed by atoms with Gasteiger partial charge in [-0.25, -0.2) is 0 Å². The van der Waals surface area contributed by atoms with Gasteiger partial charge in [-0.15, -0.1) is 0 Å². The van der Waals surface area contributed by atoms with Crippen molar-refractivity contribution in [1.82, 2.24) is 10.3 Å². The number of carbonyl (C=O) groups excluding carboxylic acids is 1. The molecule has 1 atom stereocenters. The van der Waals surface area contributed by atoms with Gasteiger partial charge in [0.25, 0.3) is 5.91 Å². The molecule has 1 aliphatic rings. The zero-order valence-electron chi connectivity index (χ0n) is 9.35. The smallest absolute Gasteiger partial charge is 0.255 e. The fraction of sp³-hybridized carbons (Fsp3) is 0.0769. The summed E-state index contributed by atoms with van der Waals surface area (Å²) in [5, 5.41) is 6.65. The van der Waals surface area contributed by atoms with Crippen LogP contribution >= 0.6 is 11.6 Å². The molecule has 0 fully saturated rings. The maximum Gasteiger partial charge on any atom is 0.255 e. The Morgan fingerprint density at radius 3 is 2.83 bits per heavy atom. The lowest BCUT2D eigenvalue weighted by Gasteiger charge is -2.27. The minimum absolute atomic E-state index is 0.129. The molecule has 2 heterocycles. The van der Waals surface area contributed by atoms with Gasteiger partial charge in [-0.05, 0) is 30.3 Å². The van der Waals surface area contributed by atoms with E-state index in [-0.39, 0.29) is 12.1 Å². The molecule has 90 valence electrons. The van der Waals surface area contributed by atoms with Crippen LogP contribution in [0.25, 0.3) is 0 Å². The van der Waals surface area contributed by atoms with Crippen LogP contribution in [0.5, 0.6) is 0 Å². The summed E-state index contributed by atoms with van der Waals surface area (Å²) in [5.41, 5.74) is 2.07. The zero-order chi connectivity index (χ0) is 12.5. The Bertz CT molecular complexity index is 600. The molecular formula is C13H10ClN3O. The van der Waals surface area contributed by atoms with E-state index in [9.17, 15) is 4.79 Å². The molecule has 4 nitrogen and oxygen atoms in total. The van der Waals surface area contributed by atoms with E-state index < -0.39 is 0 Å². The average molecular weight is 260 g/mol. The van der Waals surface area contributed by atoms with Crippen molar-refractivity contribution in [2.24, 2.45) is 0 Å². The van der Waals surface area contributed by atoms with Crippen LogP contribution in [0.4, 0.5) is 5.69 Å². The molecule has 1 aromatic carbocycles. The van der Waals surface area contributed by atoms with Crippen LogP contribution in [0.15, 0.2) is 42.6 Å². The third-order valence-corrected chi connectivity index (χ3v) is 3.02. The van der Waals surface area contributed by atoms with Crippen molar-refractivity contribution in [3.8, 4) is 0 Å². The lowest BCUT2D eigenvalue weighted by Crippen LogP contribution is -2.38. The van der Waals surface area contributed by atoms with Crippen LogP contribution < -0.4 is 10.6 Å². The first-order valence-electron chi connectivity index (χ1n) is 5.52. The van der Waals surface area contributed by atoms with Crippen molar-refractivity contribution in [3.05, 3.63) is 58.9 Å². The lowest BCUT2D eigenvalue weighted by atomic mass is 10.1. The van der Waals surface area contributed by atoms with E-state index >= 15 is 0 Å². The number of nitrogens with zero attached hydrogens (tertiary/aromatic N) is 1. The summed E-state index contributed by atoms with van der Waals surface area (Å²) < 4.78 is 0. The molecule has 0 radical (unpaired) electrons. The van der Waals surface area contributed by atoms with Gasteiger partial charge >= 0.3 is 0 Å². The Hall–Kier alpha value is -2.07. The van der Waals surface area contributed by atoms with Gasteiger partial charge in [0.05, 0.1) is 16.9 Å². The fourth-order valence-corrected chi connectivity index (χ4v) is 2.10. The molecule has 3 rings (SSSR count). The number of pyridine rings is 1. The van der Waals surface area contributed by atoms with Gasteiger partial charge in [-0.1, -0.05) is 17.7 Å². The monoisotopic (exact) mass is 259 g/mol. The summed E-state index contributed by atoms with van der Waals surface area (Å²) in [5.74, 6) is -0.129. The number of nitrogens with one attached hydrogen (secondary N) is 2. The van der Waals surface area contributed by atoms with Crippen molar-refractivity contribution in [1.29, 1.82) is 0 Å². The predicted octanol–water partition coefficient (Wildman–Crippen LogP) is 2.59. The highest BCUT2D eigenvalue weighted by Crippen LogP contribution is 2.28. The predicted molar refractivity (Wildman–Crippen MR) is 69.5 cm³/mol. The van der Waals surface area contributed by atoms with Crippen molar-refractivity contribution < 1.29 is 4.79 Å². The molecule has 0 spiro atoms. The van der Waals surface area contributed by atoms with Crippen LogP contribution in [0.1, 0.15) is 22.2 Å². The first kappa shape index (κ1) is 11.0. The number of hydrogen-bond donors (Lipinski definition) is 2. The van der Waals surface area contributed by atoms with Crippen LogP contribution in [0.2, 0.25) is 5.02 Å². The van der Waals surface area contributed by atoms with Crippen LogP contribution in [0, 0.1) is 0 Å². The molecule has 5 heteroatoms. The summed E-state index contributed by atoms with van der Waals surface area (Å²) in [6.45, 7) is 0. The Labute approximate surface area is 109 Å². The standard InChI is InChI=1S/C13H10ClN3O/c14-8-4-5-9-11(7-8)16-12(17-13(9)18)10-3-1-2-6-15-10/h1-7,12,16H,(H,17,18). The molecule has 1 unspecified atom stereocenters. The SMILES string of the molecule is O=C1NC(c2ccccn2)Nc2cc(Cl)ccc21. The van der Waals surface area contributed by atoms with Gasteiger partial charge < -0.3 is 10.6 Å². The zero-order valence-corrected chi connectivity index (χ0v) is 10.1. The van der Waals surface area contributed by atoms with E-state index in [1.807, 2.05) is 18.2 Å². The second kappa shape index (κ2) is 4.31. The Morgan fingerprint density at radius 1 is 1.17 bits per heavy atom. The maximum absolute atomic E-state index is 12.0. The first-order chi connectivity index (χ1) is 8.74. The number of halogens is 1. The van der Waals surface area contributed by atoms with E-state index in [1.165, 1.54) is 0 Å². The summed E-state index contributed by atoms with van der Waals surface area (Å²) >= 11 is 5.93. The normalized spacial score (nSPS) is 17.6. The van der Waals surface area contributed by atoms with Crippen LogP contribution in [0.3, 0.4) is 0 Å². The molecule has 0 saturated carbocycles. The topological polar surface area (TPSA) is 54.0 Å². The molecule has 0 bridgehead atoms. The van der Waals surface area contributed by atoms with Gasteiger partial charge in [0.1, 0.15) is 6.17 Å². The molecule has 2 aromatic rings. The van der Waals surface area contributed by atoms with E-state index in [0.717, 1.165) is 11.4 Å². The first-order valence-corrected chi connectivity index (χ1v) is 5.90. The highest BCUT2D eigenvalue weighted by Gasteiger charge is 2.25. The largest absolute Gasteiger partial charge is 0.360 e. The maximum atomic E-state index is 12.0. The number of anilines is 1. The molecule has 1 aromatic heterocycles. The summed E-state index contributed by atoms with van der Waals surface area (Å²) in [6, 6.07) is 10.7. The number of aromatic nitrogens is 1. The summed E-state index contributed by atoms with van der Waals surface area (Å²) in [4.78, 5) is 16.2. The van der Waals surface area contributed by atoms with Crippen LogP contribution in [-0.4, -0.2) is 10.9 Å². The highest BCUT2D eigenvalue weighted by molar-refractivity contribution is 6.31. The minimum Gasteiger partial charge on any atom is -0.360 e. The van der Waals surface area contributed by atoms with Gasteiger partial charge in [-0.3, -0.25) is 9.78 Å². The third kappa shape index (κ3) is 1.91. The number of rotatable bonds is 1. The van der Waals surface area contributed by atoms with Crippen molar-refractivity contribution >= 4 is 23.2 Å². The van der Waals surface area contributed by atoms with Crippen molar-refractivity contribution in [2.75, 3.05) is 5.32 Å². The molecule has 0 saturated heterocycles. The van der Waals surface area contributed by atoms with Gasteiger partial charge in [0, 0.05) is 11.2 Å². The van der Waals surface area contributed by atoms with E-state index in [0.29, 0.717) is 10.6 Å². The quantitative estimate of drug-likeness (QED) is 0.828. The highest BCUT2D eigenvalue weighted by atomic mass is 35.5. The number of benzene rings is 1. The number of carbonyl (C=O) groups is 1. The molecule has 1 aliphatic heterocycles. The average Bonchev–Trinajstić information content (AvgIpc) is 2.39. The molecule has 2 N–H and O–H groups in total. The third-order valence-electron chi connectivity index (χ3n) is 2.79. The number of hydrogen-bond acceptors (Lipinski definition) is 3. The van der Waals surface area contributed by atoms with Gasteiger partial charge in [-0.2, -0.15) is 0 Å². The van der Waals surface area contributed by atoms with Crippen molar-refractivity contribution in [3.63, 3.8) is 0 Å². The Morgan fingerprint density at radius 2 is 2.06 bits per heavy atom. The van der Waals surface area contributed by atoms with E-state index in [1.54, 1.807) is 24.4 Å². The lowest BCUT2D eigenvalue weighted by molar-refractivity contribution is 0.0935. The second-order valence-electron chi connectivity index (χ2n) is 4.00. The molecule has 18 heavy (non-hydrogen) atoms. The Balaban J connectivity index is 1.98. The minimum atomic E-state index is -0.329. The summed E-state index contributed by atoms with van der Waals surface area (Å²) in [7, 11) is 0. The molecule has 0 aliphatic carbocycles. The van der Waals surface area contributed by atoms with E-state index in [4.69, 9.17) is 11.6 Å². The van der Waals surface area contributed by atoms with Gasteiger partial charge in [0.15, 0.2) is 0 Å². The summed E-state index contributed by atoms with van der Waals surface area (Å²) in [6.07, 6.45) is 1.36.